The average Bonchev–Trinajstić information content (AvgIpc) is 2.53. The molecule has 1 unspecified atom stereocenters. The number of carboxylic acid groups (broad SMARTS) is 1. The topological polar surface area (TPSA) is 102 Å². The standard InChI is InChI=1S/C19H31N3O2/c1-2-3-4-5-6-7-8-12-16(18(23)24)14-15-11-9-10-13-17(15)22-19(20)21/h9-11,13,16H,2-8,12,14H2,1H3,(H,23,24)(H4,20,21,22). The lowest BCUT2D eigenvalue weighted by Gasteiger charge is -2.14. The summed E-state index contributed by atoms with van der Waals surface area (Å²) < 4.78 is 0. The van der Waals surface area contributed by atoms with Gasteiger partial charge in [0.05, 0.1) is 11.6 Å². The number of hydrogen-bond acceptors (Lipinski definition) is 2. The van der Waals surface area contributed by atoms with Crippen LogP contribution in [0.25, 0.3) is 0 Å². The Labute approximate surface area is 145 Å². The van der Waals surface area contributed by atoms with E-state index in [-0.39, 0.29) is 5.96 Å². The molecule has 0 spiro atoms. The summed E-state index contributed by atoms with van der Waals surface area (Å²) in [5, 5.41) is 9.49. The second kappa shape index (κ2) is 11.5. The predicted molar refractivity (Wildman–Crippen MR) is 99.4 cm³/mol. The van der Waals surface area contributed by atoms with Crippen LogP contribution in [0.5, 0.6) is 0 Å². The van der Waals surface area contributed by atoms with Crippen molar-refractivity contribution >= 4 is 17.6 Å². The zero-order valence-corrected chi connectivity index (χ0v) is 14.7. The molecule has 5 nitrogen and oxygen atoms in total. The van der Waals surface area contributed by atoms with E-state index in [4.69, 9.17) is 11.5 Å². The minimum absolute atomic E-state index is 0.0126. The normalized spacial score (nSPS) is 11.9. The number of aliphatic imine (C=N–C) groups is 1. The maximum atomic E-state index is 11.6. The molecule has 0 aliphatic carbocycles. The van der Waals surface area contributed by atoms with Gasteiger partial charge in [-0.2, -0.15) is 0 Å². The maximum Gasteiger partial charge on any atom is 0.306 e. The Kier molecular flexibility index (Phi) is 9.58. The van der Waals surface area contributed by atoms with Crippen molar-refractivity contribution in [1.82, 2.24) is 0 Å². The summed E-state index contributed by atoms with van der Waals surface area (Å²) in [4.78, 5) is 15.6. The van der Waals surface area contributed by atoms with Gasteiger partial charge in [-0.15, -0.1) is 0 Å². The van der Waals surface area contributed by atoms with E-state index in [9.17, 15) is 9.90 Å². The highest BCUT2D eigenvalue weighted by molar-refractivity contribution is 5.79. The van der Waals surface area contributed by atoms with Crippen molar-refractivity contribution in [1.29, 1.82) is 0 Å². The number of hydrogen-bond donors (Lipinski definition) is 3. The van der Waals surface area contributed by atoms with Crippen molar-refractivity contribution in [3.8, 4) is 0 Å². The summed E-state index contributed by atoms with van der Waals surface area (Å²) in [6.45, 7) is 2.21. The van der Waals surface area contributed by atoms with E-state index in [0.717, 1.165) is 18.4 Å². The van der Waals surface area contributed by atoms with Crippen molar-refractivity contribution in [2.75, 3.05) is 0 Å². The quantitative estimate of drug-likeness (QED) is 0.306. The fraction of sp³-hybridized carbons (Fsp3) is 0.579. The average molecular weight is 333 g/mol. The molecule has 1 atom stereocenters. The van der Waals surface area contributed by atoms with Crippen LogP contribution in [0.4, 0.5) is 5.69 Å². The Hall–Kier alpha value is -2.04. The zero-order valence-electron chi connectivity index (χ0n) is 14.7. The summed E-state index contributed by atoms with van der Waals surface area (Å²) in [6.07, 6.45) is 9.46. The highest BCUT2D eigenvalue weighted by Gasteiger charge is 2.19. The molecule has 0 fully saturated rings. The minimum atomic E-state index is -0.750. The fourth-order valence-electron chi connectivity index (χ4n) is 2.86. The Bertz CT molecular complexity index is 525. The van der Waals surface area contributed by atoms with Crippen molar-refractivity contribution in [2.24, 2.45) is 22.4 Å². The molecule has 0 heterocycles. The number of para-hydroxylation sites is 1. The predicted octanol–water partition coefficient (Wildman–Crippen LogP) is 3.98. The van der Waals surface area contributed by atoms with Gasteiger partial charge in [0, 0.05) is 0 Å². The van der Waals surface area contributed by atoms with Crippen LogP contribution < -0.4 is 11.5 Å². The van der Waals surface area contributed by atoms with Crippen LogP contribution in [0.3, 0.4) is 0 Å². The first-order valence-corrected chi connectivity index (χ1v) is 8.95. The van der Waals surface area contributed by atoms with Crippen LogP contribution in [0, 0.1) is 5.92 Å². The van der Waals surface area contributed by atoms with Gasteiger partial charge < -0.3 is 16.6 Å². The van der Waals surface area contributed by atoms with E-state index in [2.05, 4.69) is 11.9 Å². The summed E-state index contributed by atoms with van der Waals surface area (Å²) in [6, 6.07) is 7.43. The molecule has 1 rings (SSSR count). The Morgan fingerprint density at radius 2 is 1.71 bits per heavy atom. The molecule has 0 radical (unpaired) electrons. The molecule has 0 saturated heterocycles. The van der Waals surface area contributed by atoms with Gasteiger partial charge in [0.2, 0.25) is 0 Å². The number of guanidine groups is 1. The van der Waals surface area contributed by atoms with Gasteiger partial charge >= 0.3 is 5.97 Å². The van der Waals surface area contributed by atoms with Crippen molar-refractivity contribution in [3.63, 3.8) is 0 Å². The molecule has 0 aliphatic rings. The molecule has 0 amide bonds. The number of unbranched alkanes of at least 4 members (excludes halogenated alkanes) is 6. The van der Waals surface area contributed by atoms with Gasteiger partial charge in [-0.25, -0.2) is 4.99 Å². The second-order valence-corrected chi connectivity index (χ2v) is 6.31. The molecule has 1 aromatic carbocycles. The van der Waals surface area contributed by atoms with Gasteiger partial charge in [-0.1, -0.05) is 70.1 Å². The van der Waals surface area contributed by atoms with Crippen LogP contribution in [0.2, 0.25) is 0 Å². The first-order chi connectivity index (χ1) is 11.5. The number of benzene rings is 1. The lowest BCUT2D eigenvalue weighted by atomic mass is 9.92. The monoisotopic (exact) mass is 333 g/mol. The summed E-state index contributed by atoms with van der Waals surface area (Å²) in [5.74, 6) is -1.15. The fourth-order valence-corrected chi connectivity index (χ4v) is 2.86. The summed E-state index contributed by atoms with van der Waals surface area (Å²) in [5.41, 5.74) is 12.4. The molecule has 0 saturated carbocycles. The molecule has 24 heavy (non-hydrogen) atoms. The highest BCUT2D eigenvalue weighted by Crippen LogP contribution is 2.24. The molecule has 1 aromatic rings. The molecule has 0 aliphatic heterocycles. The summed E-state index contributed by atoms with van der Waals surface area (Å²) >= 11 is 0. The van der Waals surface area contributed by atoms with E-state index in [1.807, 2.05) is 24.3 Å². The number of aliphatic carboxylic acids is 1. The number of rotatable bonds is 12. The third-order valence-electron chi connectivity index (χ3n) is 4.21. The molecule has 5 heteroatoms. The first-order valence-electron chi connectivity index (χ1n) is 8.95. The summed E-state index contributed by atoms with van der Waals surface area (Å²) in [7, 11) is 0. The van der Waals surface area contributed by atoms with Crippen LogP contribution in [-0.2, 0) is 11.2 Å². The van der Waals surface area contributed by atoms with Gasteiger partial charge in [-0.3, -0.25) is 4.79 Å². The van der Waals surface area contributed by atoms with E-state index >= 15 is 0 Å². The first kappa shape index (κ1) is 20.0. The van der Waals surface area contributed by atoms with Gasteiger partial charge in [0.1, 0.15) is 0 Å². The molecular formula is C19H31N3O2. The Morgan fingerprint density at radius 1 is 1.08 bits per heavy atom. The number of nitrogens with zero attached hydrogens (tertiary/aromatic N) is 1. The smallest absolute Gasteiger partial charge is 0.306 e. The number of carboxylic acids is 1. The second-order valence-electron chi connectivity index (χ2n) is 6.31. The Balaban J connectivity index is 2.52. The third kappa shape index (κ3) is 7.99. The third-order valence-corrected chi connectivity index (χ3v) is 4.21. The minimum Gasteiger partial charge on any atom is -0.481 e. The van der Waals surface area contributed by atoms with E-state index < -0.39 is 11.9 Å². The zero-order chi connectivity index (χ0) is 17.8. The molecular weight excluding hydrogens is 302 g/mol. The highest BCUT2D eigenvalue weighted by atomic mass is 16.4. The molecule has 0 aromatic heterocycles. The van der Waals surface area contributed by atoms with Crippen LogP contribution in [-0.4, -0.2) is 17.0 Å². The molecule has 5 N–H and O–H groups in total. The van der Waals surface area contributed by atoms with Crippen LogP contribution in [0.1, 0.15) is 63.9 Å². The van der Waals surface area contributed by atoms with Crippen LogP contribution in [0.15, 0.2) is 29.3 Å². The van der Waals surface area contributed by atoms with Gasteiger partial charge in [0.25, 0.3) is 0 Å². The van der Waals surface area contributed by atoms with E-state index in [1.165, 1.54) is 32.1 Å². The maximum absolute atomic E-state index is 11.6. The van der Waals surface area contributed by atoms with Crippen molar-refractivity contribution in [2.45, 2.75) is 64.7 Å². The van der Waals surface area contributed by atoms with Gasteiger partial charge in [0.15, 0.2) is 5.96 Å². The lowest BCUT2D eigenvalue weighted by molar-refractivity contribution is -0.142. The number of carbonyl (C=O) groups is 1. The van der Waals surface area contributed by atoms with Crippen molar-refractivity contribution in [3.05, 3.63) is 29.8 Å². The lowest BCUT2D eigenvalue weighted by Crippen LogP contribution is -2.22. The van der Waals surface area contributed by atoms with E-state index in [0.29, 0.717) is 18.5 Å². The number of nitrogens with two attached hydrogens (primary N) is 2. The largest absolute Gasteiger partial charge is 0.481 e. The molecule has 134 valence electrons. The van der Waals surface area contributed by atoms with Gasteiger partial charge in [-0.05, 0) is 24.5 Å². The van der Waals surface area contributed by atoms with Crippen LogP contribution >= 0.6 is 0 Å². The SMILES string of the molecule is CCCCCCCCCC(Cc1ccccc1N=C(N)N)C(=O)O. The van der Waals surface area contributed by atoms with E-state index in [1.54, 1.807) is 0 Å². The molecule has 0 bridgehead atoms. The Morgan fingerprint density at radius 3 is 2.33 bits per heavy atom. The van der Waals surface area contributed by atoms with Crippen molar-refractivity contribution < 1.29 is 9.90 Å².